The topological polar surface area (TPSA) is 64.7 Å². The van der Waals surface area contributed by atoms with Crippen LogP contribution in [-0.4, -0.2) is 15.2 Å². The molecule has 0 atom stereocenters. The maximum absolute atomic E-state index is 5.64. The summed E-state index contributed by atoms with van der Waals surface area (Å²) in [5.74, 6) is 0.400. The fourth-order valence-electron chi connectivity index (χ4n) is 1.57. The number of rotatable bonds is 4. The van der Waals surface area contributed by atoms with Crippen LogP contribution >= 0.6 is 22.7 Å². The van der Waals surface area contributed by atoms with Crippen LogP contribution in [0.1, 0.15) is 43.8 Å². The molecule has 6 heteroatoms. The molecule has 2 rings (SSSR count). The van der Waals surface area contributed by atoms with Crippen molar-refractivity contribution in [2.24, 2.45) is 0 Å². The van der Waals surface area contributed by atoms with Crippen molar-refractivity contribution < 1.29 is 0 Å². The molecule has 17 heavy (non-hydrogen) atoms. The van der Waals surface area contributed by atoms with E-state index in [1.165, 1.54) is 16.3 Å². The number of anilines is 1. The summed E-state index contributed by atoms with van der Waals surface area (Å²) in [7, 11) is 0. The number of hydrogen-bond acceptors (Lipinski definition) is 6. The van der Waals surface area contributed by atoms with Crippen molar-refractivity contribution >= 4 is 27.8 Å². The third-order valence-electron chi connectivity index (χ3n) is 2.34. The van der Waals surface area contributed by atoms with E-state index in [-0.39, 0.29) is 0 Å². The zero-order chi connectivity index (χ0) is 12.4. The monoisotopic (exact) mass is 268 g/mol. The number of thiazole rings is 1. The molecule has 2 aromatic rings. The molecule has 0 radical (unpaired) electrons. The summed E-state index contributed by atoms with van der Waals surface area (Å²) >= 11 is 3.15. The van der Waals surface area contributed by atoms with Crippen LogP contribution in [-0.2, 0) is 6.42 Å². The Morgan fingerprint density at radius 3 is 2.53 bits per heavy atom. The van der Waals surface area contributed by atoms with Gasteiger partial charge in [-0.3, -0.25) is 0 Å². The molecule has 0 aromatic carbocycles. The molecule has 0 saturated heterocycles. The van der Waals surface area contributed by atoms with Gasteiger partial charge in [0.05, 0.1) is 15.6 Å². The molecule has 2 N–H and O–H groups in total. The Kier molecular flexibility index (Phi) is 3.73. The van der Waals surface area contributed by atoms with E-state index >= 15 is 0 Å². The predicted molar refractivity (Wildman–Crippen MR) is 73.5 cm³/mol. The minimum absolute atomic E-state index is 0.400. The highest BCUT2D eigenvalue weighted by atomic mass is 32.1. The van der Waals surface area contributed by atoms with Crippen molar-refractivity contribution in [1.29, 1.82) is 0 Å². The molecule has 0 unspecified atom stereocenters. The number of aromatic nitrogens is 3. The van der Waals surface area contributed by atoms with Gasteiger partial charge in [-0.05, 0) is 18.8 Å². The molecule has 4 nitrogen and oxygen atoms in total. The molecule has 0 aliphatic heterocycles. The Hall–Kier alpha value is -1.01. The average molecular weight is 268 g/mol. The van der Waals surface area contributed by atoms with Gasteiger partial charge in [-0.2, -0.15) is 0 Å². The second kappa shape index (κ2) is 5.10. The highest BCUT2D eigenvalue weighted by molar-refractivity contribution is 7.23. The van der Waals surface area contributed by atoms with Crippen LogP contribution in [0.3, 0.4) is 0 Å². The summed E-state index contributed by atoms with van der Waals surface area (Å²) in [6.45, 7) is 6.47. The van der Waals surface area contributed by atoms with E-state index < -0.39 is 0 Å². The van der Waals surface area contributed by atoms with Crippen LogP contribution in [0.5, 0.6) is 0 Å². The summed E-state index contributed by atoms with van der Waals surface area (Å²) in [5, 5.41) is 10.6. The van der Waals surface area contributed by atoms with E-state index in [4.69, 9.17) is 10.7 Å². The Balaban J connectivity index is 2.44. The molecule has 92 valence electrons. The van der Waals surface area contributed by atoms with E-state index in [2.05, 4.69) is 31.0 Å². The minimum atomic E-state index is 0.400. The Bertz CT molecular complexity index is 501. The highest BCUT2D eigenvalue weighted by Crippen LogP contribution is 2.36. The van der Waals surface area contributed by atoms with Crippen LogP contribution in [0.2, 0.25) is 0 Å². The van der Waals surface area contributed by atoms with E-state index in [1.54, 1.807) is 11.3 Å². The predicted octanol–water partition coefficient (Wildman–Crippen LogP) is 3.32. The van der Waals surface area contributed by atoms with Crippen molar-refractivity contribution in [3.8, 4) is 9.88 Å². The number of nitrogen functional groups attached to an aromatic ring is 1. The van der Waals surface area contributed by atoms with Gasteiger partial charge in [-0.1, -0.05) is 32.1 Å². The van der Waals surface area contributed by atoms with Crippen LogP contribution in [0.15, 0.2) is 0 Å². The van der Waals surface area contributed by atoms with Gasteiger partial charge in [0.2, 0.25) is 5.13 Å². The molecule has 0 spiro atoms. The summed E-state index contributed by atoms with van der Waals surface area (Å²) in [6, 6.07) is 0. The van der Waals surface area contributed by atoms with E-state index in [0.29, 0.717) is 11.0 Å². The first kappa shape index (κ1) is 12.4. The fraction of sp³-hybridized carbons (Fsp3) is 0.545. The highest BCUT2D eigenvalue weighted by Gasteiger charge is 2.18. The lowest BCUT2D eigenvalue weighted by Gasteiger charge is -2.01. The van der Waals surface area contributed by atoms with Crippen molar-refractivity contribution in [3.63, 3.8) is 0 Å². The van der Waals surface area contributed by atoms with Gasteiger partial charge < -0.3 is 5.73 Å². The number of nitrogens with zero attached hydrogens (tertiary/aromatic N) is 3. The standard InChI is InChI=1S/C11H16N4S2/c1-4-5-7-13-8(6(2)3)9(16-7)10-14-15-11(12)17-10/h6H,4-5H2,1-3H3,(H2,12,15). The third-order valence-corrected chi connectivity index (χ3v) is 4.38. The number of hydrogen-bond donors (Lipinski definition) is 1. The maximum Gasteiger partial charge on any atom is 0.203 e. The minimum Gasteiger partial charge on any atom is -0.374 e. The van der Waals surface area contributed by atoms with Gasteiger partial charge >= 0.3 is 0 Å². The Labute approximate surface area is 109 Å². The maximum atomic E-state index is 5.64. The van der Waals surface area contributed by atoms with Gasteiger partial charge in [0, 0.05) is 0 Å². The van der Waals surface area contributed by atoms with Crippen LogP contribution in [0.25, 0.3) is 9.88 Å². The Morgan fingerprint density at radius 1 is 1.24 bits per heavy atom. The molecular weight excluding hydrogens is 252 g/mol. The molecule has 2 heterocycles. The lowest BCUT2D eigenvalue weighted by molar-refractivity contribution is 0.813. The van der Waals surface area contributed by atoms with Gasteiger partial charge in [-0.15, -0.1) is 21.5 Å². The molecule has 0 aliphatic rings. The molecular formula is C11H16N4S2. The summed E-state index contributed by atoms with van der Waals surface area (Å²) in [5.41, 5.74) is 6.76. The van der Waals surface area contributed by atoms with Crippen LogP contribution < -0.4 is 5.73 Å². The molecule has 2 aromatic heterocycles. The number of aryl methyl sites for hydroxylation is 1. The van der Waals surface area contributed by atoms with Crippen molar-refractivity contribution in [3.05, 3.63) is 10.7 Å². The summed E-state index contributed by atoms with van der Waals surface area (Å²) in [6.07, 6.45) is 2.14. The molecule has 0 amide bonds. The van der Waals surface area contributed by atoms with Crippen molar-refractivity contribution in [2.75, 3.05) is 5.73 Å². The van der Waals surface area contributed by atoms with E-state index in [9.17, 15) is 0 Å². The van der Waals surface area contributed by atoms with Gasteiger partial charge in [-0.25, -0.2) is 4.98 Å². The molecule has 0 saturated carbocycles. The van der Waals surface area contributed by atoms with E-state index in [1.807, 2.05) is 0 Å². The van der Waals surface area contributed by atoms with Crippen LogP contribution in [0.4, 0.5) is 5.13 Å². The van der Waals surface area contributed by atoms with E-state index in [0.717, 1.165) is 28.4 Å². The zero-order valence-corrected chi connectivity index (χ0v) is 11.9. The second-order valence-electron chi connectivity index (χ2n) is 4.17. The lowest BCUT2D eigenvalue weighted by atomic mass is 10.1. The van der Waals surface area contributed by atoms with Gasteiger partial charge in [0.15, 0.2) is 5.01 Å². The zero-order valence-electron chi connectivity index (χ0n) is 10.2. The fourth-order valence-corrected chi connectivity index (χ4v) is 3.58. The first-order chi connectivity index (χ1) is 8.11. The lowest BCUT2D eigenvalue weighted by Crippen LogP contribution is -1.91. The van der Waals surface area contributed by atoms with Gasteiger partial charge in [0.1, 0.15) is 0 Å². The number of nitrogens with two attached hydrogens (primary N) is 1. The smallest absolute Gasteiger partial charge is 0.203 e. The SMILES string of the molecule is CCCc1nc(C(C)C)c(-c2nnc(N)s2)s1. The second-order valence-corrected chi connectivity index (χ2v) is 6.26. The quantitative estimate of drug-likeness (QED) is 0.923. The molecule has 0 aliphatic carbocycles. The average Bonchev–Trinajstić information content (AvgIpc) is 2.84. The first-order valence-corrected chi connectivity index (χ1v) is 7.34. The van der Waals surface area contributed by atoms with Crippen LogP contribution in [0, 0.1) is 0 Å². The van der Waals surface area contributed by atoms with Gasteiger partial charge in [0.25, 0.3) is 0 Å². The molecule has 0 bridgehead atoms. The summed E-state index contributed by atoms with van der Waals surface area (Å²) < 4.78 is 0. The summed E-state index contributed by atoms with van der Waals surface area (Å²) in [4.78, 5) is 5.84. The Morgan fingerprint density at radius 2 is 2.00 bits per heavy atom. The largest absolute Gasteiger partial charge is 0.374 e. The first-order valence-electron chi connectivity index (χ1n) is 5.70. The van der Waals surface area contributed by atoms with Crippen molar-refractivity contribution in [2.45, 2.75) is 39.5 Å². The normalized spacial score (nSPS) is 11.3. The third kappa shape index (κ3) is 2.63. The molecule has 0 fully saturated rings. The van der Waals surface area contributed by atoms with Crippen molar-refractivity contribution in [1.82, 2.24) is 15.2 Å².